The van der Waals surface area contributed by atoms with Crippen LogP contribution in [-0.2, 0) is 22.7 Å². The van der Waals surface area contributed by atoms with E-state index >= 15 is 0 Å². The summed E-state index contributed by atoms with van der Waals surface area (Å²) in [5, 5.41) is 11.3. The van der Waals surface area contributed by atoms with E-state index in [-0.39, 0.29) is 5.91 Å². The third-order valence-electron chi connectivity index (χ3n) is 3.80. The Balaban J connectivity index is 1.56. The molecule has 0 radical (unpaired) electrons. The summed E-state index contributed by atoms with van der Waals surface area (Å²) in [6, 6.07) is 11.7. The van der Waals surface area contributed by atoms with Crippen LogP contribution in [0.4, 0.5) is 0 Å². The first-order valence-corrected chi connectivity index (χ1v) is 7.76. The third-order valence-corrected chi connectivity index (χ3v) is 3.80. The molecule has 23 heavy (non-hydrogen) atoms. The number of hydrogen-bond donors (Lipinski definition) is 1. The number of carbonyl (C=O) groups is 1. The van der Waals surface area contributed by atoms with E-state index in [4.69, 9.17) is 4.84 Å². The van der Waals surface area contributed by atoms with Gasteiger partial charge in [-0.25, -0.2) is 0 Å². The molecule has 0 bridgehead atoms. The zero-order chi connectivity index (χ0) is 16.2. The monoisotopic (exact) mass is 312 g/mol. The zero-order valence-electron chi connectivity index (χ0n) is 13.3. The summed E-state index contributed by atoms with van der Waals surface area (Å²) in [6.45, 7) is 5.18. The molecule has 1 aromatic carbocycles. The summed E-state index contributed by atoms with van der Waals surface area (Å²) in [7, 11) is 0. The molecule has 6 heteroatoms. The van der Waals surface area contributed by atoms with Crippen molar-refractivity contribution in [2.45, 2.75) is 39.5 Å². The Morgan fingerprint density at radius 2 is 2.17 bits per heavy atom. The van der Waals surface area contributed by atoms with Gasteiger partial charge in [0.15, 0.2) is 0 Å². The van der Waals surface area contributed by atoms with Gasteiger partial charge in [-0.15, -0.1) is 0 Å². The number of rotatable bonds is 5. The van der Waals surface area contributed by atoms with E-state index in [2.05, 4.69) is 15.6 Å². The van der Waals surface area contributed by atoms with E-state index in [1.54, 1.807) is 0 Å². The molecule has 2 heterocycles. The second-order valence-electron chi connectivity index (χ2n) is 5.51. The van der Waals surface area contributed by atoms with Crippen LogP contribution in [0.15, 0.2) is 41.6 Å². The van der Waals surface area contributed by atoms with Crippen LogP contribution in [0.3, 0.4) is 0 Å². The summed E-state index contributed by atoms with van der Waals surface area (Å²) in [5.74, 6) is -0.152. The molecule has 1 aliphatic rings. The maximum absolute atomic E-state index is 12.3. The quantitative estimate of drug-likeness (QED) is 0.918. The number of carbonyl (C=O) groups excluding carboxylic acids is 1. The first-order chi connectivity index (χ1) is 11.2. The SMILES string of the molecule is CCn1nc(C)cc1CNC(=O)C1CC(c2ccccc2)=NO1. The normalized spacial score (nSPS) is 16.8. The third kappa shape index (κ3) is 3.41. The maximum atomic E-state index is 12.3. The molecular formula is C17H20N4O2. The Morgan fingerprint density at radius 3 is 2.91 bits per heavy atom. The maximum Gasteiger partial charge on any atom is 0.264 e. The first kappa shape index (κ1) is 15.3. The largest absolute Gasteiger partial charge is 0.382 e. The minimum atomic E-state index is -0.565. The molecule has 6 nitrogen and oxygen atoms in total. The minimum Gasteiger partial charge on any atom is -0.382 e. The Bertz CT molecular complexity index is 721. The Morgan fingerprint density at radius 1 is 1.39 bits per heavy atom. The average molecular weight is 312 g/mol. The molecule has 1 aromatic heterocycles. The summed E-state index contributed by atoms with van der Waals surface area (Å²) in [6.07, 6.45) is -0.0775. The molecule has 0 spiro atoms. The second kappa shape index (κ2) is 6.64. The number of hydrogen-bond acceptors (Lipinski definition) is 4. The Kier molecular flexibility index (Phi) is 4.41. The Labute approximate surface area is 135 Å². The van der Waals surface area contributed by atoms with Gasteiger partial charge in [0.25, 0.3) is 5.91 Å². The first-order valence-electron chi connectivity index (χ1n) is 7.76. The molecule has 0 saturated carbocycles. The molecule has 1 amide bonds. The van der Waals surface area contributed by atoms with Crippen molar-refractivity contribution in [2.75, 3.05) is 0 Å². The summed E-state index contributed by atoms with van der Waals surface area (Å²) >= 11 is 0. The highest BCUT2D eigenvalue weighted by atomic mass is 16.6. The van der Waals surface area contributed by atoms with Crippen molar-refractivity contribution in [2.24, 2.45) is 5.16 Å². The van der Waals surface area contributed by atoms with E-state index in [0.29, 0.717) is 13.0 Å². The fourth-order valence-corrected chi connectivity index (χ4v) is 2.63. The van der Waals surface area contributed by atoms with Crippen LogP contribution in [0, 0.1) is 6.92 Å². The number of aromatic nitrogens is 2. The van der Waals surface area contributed by atoms with Crippen LogP contribution in [-0.4, -0.2) is 27.5 Å². The number of benzene rings is 1. The van der Waals surface area contributed by atoms with Crippen LogP contribution in [0.2, 0.25) is 0 Å². The highest BCUT2D eigenvalue weighted by molar-refractivity contribution is 6.04. The second-order valence-corrected chi connectivity index (χ2v) is 5.51. The van der Waals surface area contributed by atoms with Gasteiger partial charge in [0.1, 0.15) is 0 Å². The number of oxime groups is 1. The fourth-order valence-electron chi connectivity index (χ4n) is 2.63. The highest BCUT2D eigenvalue weighted by Crippen LogP contribution is 2.16. The smallest absolute Gasteiger partial charge is 0.264 e. The standard InChI is InChI=1S/C17H20N4O2/c1-3-21-14(9-12(2)19-21)11-18-17(22)16-10-15(20-23-16)13-7-5-4-6-8-13/h4-9,16H,3,10-11H2,1-2H3,(H,18,22). The lowest BCUT2D eigenvalue weighted by Gasteiger charge is -2.10. The zero-order valence-corrected chi connectivity index (χ0v) is 13.3. The van der Waals surface area contributed by atoms with Crippen LogP contribution in [0.25, 0.3) is 0 Å². The summed E-state index contributed by atoms with van der Waals surface area (Å²) in [4.78, 5) is 17.5. The van der Waals surface area contributed by atoms with Crippen molar-refractivity contribution in [1.82, 2.24) is 15.1 Å². The molecule has 1 N–H and O–H groups in total. The molecule has 0 aliphatic carbocycles. The van der Waals surface area contributed by atoms with Gasteiger partial charge in [0, 0.05) is 13.0 Å². The van der Waals surface area contributed by atoms with E-state index < -0.39 is 6.10 Å². The van der Waals surface area contributed by atoms with E-state index in [1.165, 1.54) is 0 Å². The van der Waals surface area contributed by atoms with Gasteiger partial charge in [-0.1, -0.05) is 35.5 Å². The van der Waals surface area contributed by atoms with Crippen LogP contribution in [0.5, 0.6) is 0 Å². The number of nitrogens with zero attached hydrogens (tertiary/aromatic N) is 3. The molecule has 0 saturated heterocycles. The van der Waals surface area contributed by atoms with Crippen LogP contribution in [0.1, 0.15) is 30.3 Å². The topological polar surface area (TPSA) is 68.5 Å². The van der Waals surface area contributed by atoms with Crippen molar-refractivity contribution < 1.29 is 9.63 Å². The van der Waals surface area contributed by atoms with E-state index in [9.17, 15) is 4.79 Å². The summed E-state index contributed by atoms with van der Waals surface area (Å²) in [5.41, 5.74) is 3.73. The van der Waals surface area contributed by atoms with Crippen molar-refractivity contribution in [3.05, 3.63) is 53.3 Å². The van der Waals surface area contributed by atoms with Crippen molar-refractivity contribution in [3.8, 4) is 0 Å². The molecule has 3 rings (SSSR count). The van der Waals surface area contributed by atoms with Crippen LogP contribution >= 0.6 is 0 Å². The molecule has 0 fully saturated rings. The van der Waals surface area contributed by atoms with Gasteiger partial charge in [-0.05, 0) is 25.5 Å². The predicted octanol–water partition coefficient (Wildman–Crippen LogP) is 2.02. The number of aryl methyl sites for hydroxylation is 2. The van der Waals surface area contributed by atoms with Crippen LogP contribution < -0.4 is 5.32 Å². The molecule has 1 atom stereocenters. The van der Waals surface area contributed by atoms with E-state index in [1.807, 2.05) is 54.9 Å². The average Bonchev–Trinajstić information content (AvgIpc) is 3.20. The molecule has 2 aromatic rings. The minimum absolute atomic E-state index is 0.152. The van der Waals surface area contributed by atoms with E-state index in [0.717, 1.165) is 29.2 Å². The molecule has 1 unspecified atom stereocenters. The fraction of sp³-hybridized carbons (Fsp3) is 0.353. The van der Waals surface area contributed by atoms with Gasteiger partial charge < -0.3 is 10.2 Å². The van der Waals surface area contributed by atoms with Gasteiger partial charge in [-0.3, -0.25) is 9.48 Å². The van der Waals surface area contributed by atoms with Crippen molar-refractivity contribution in [1.29, 1.82) is 0 Å². The summed E-state index contributed by atoms with van der Waals surface area (Å²) < 4.78 is 1.89. The molecule has 120 valence electrons. The van der Waals surface area contributed by atoms with Crippen molar-refractivity contribution in [3.63, 3.8) is 0 Å². The van der Waals surface area contributed by atoms with Crippen molar-refractivity contribution >= 4 is 11.6 Å². The van der Waals surface area contributed by atoms with Gasteiger partial charge >= 0.3 is 0 Å². The predicted molar refractivity (Wildman–Crippen MR) is 87.0 cm³/mol. The highest BCUT2D eigenvalue weighted by Gasteiger charge is 2.28. The van der Waals surface area contributed by atoms with Gasteiger partial charge in [-0.2, -0.15) is 5.10 Å². The lowest BCUT2D eigenvalue weighted by molar-refractivity contribution is -0.131. The Hall–Kier alpha value is -2.63. The molecular weight excluding hydrogens is 292 g/mol. The molecule has 1 aliphatic heterocycles. The lowest BCUT2D eigenvalue weighted by Crippen LogP contribution is -2.34. The number of nitrogens with one attached hydrogen (secondary N) is 1. The number of amides is 1. The van der Waals surface area contributed by atoms with Gasteiger partial charge in [0.2, 0.25) is 6.10 Å². The lowest BCUT2D eigenvalue weighted by atomic mass is 10.0. The van der Waals surface area contributed by atoms with Gasteiger partial charge in [0.05, 0.1) is 23.6 Å².